The summed E-state index contributed by atoms with van der Waals surface area (Å²) in [6, 6.07) is 15.3. The van der Waals surface area contributed by atoms with Crippen LogP contribution in [0.5, 0.6) is 5.75 Å². The summed E-state index contributed by atoms with van der Waals surface area (Å²) < 4.78 is 10.7. The largest absolute Gasteiger partial charge is 0.497 e. The minimum Gasteiger partial charge on any atom is -0.497 e. The molecule has 0 spiro atoms. The number of rotatable bonds is 6. The van der Waals surface area contributed by atoms with Gasteiger partial charge >= 0.3 is 0 Å². The standard InChI is InChI=1S/C25H28N2O4/c1-17-5-4-6-20(15-17)24(28)26-13-11-19(12-14-26)22-23(31-3)25(29)27(22)16-18-7-9-21(30-2)10-8-18/h4-11,15,22-23H,12-14,16H2,1-3H3/t22-,23+/m0/s1. The summed E-state index contributed by atoms with van der Waals surface area (Å²) >= 11 is 0. The third-order valence-electron chi connectivity index (χ3n) is 6.09. The van der Waals surface area contributed by atoms with Gasteiger partial charge < -0.3 is 19.3 Å². The lowest BCUT2D eigenvalue weighted by Gasteiger charge is -2.48. The highest BCUT2D eigenvalue weighted by molar-refractivity contribution is 5.94. The van der Waals surface area contributed by atoms with Gasteiger partial charge in [-0.1, -0.05) is 35.9 Å². The number of benzene rings is 2. The molecule has 0 bridgehead atoms. The molecule has 31 heavy (non-hydrogen) atoms. The van der Waals surface area contributed by atoms with Crippen molar-refractivity contribution in [2.75, 3.05) is 27.3 Å². The van der Waals surface area contributed by atoms with Gasteiger partial charge in [0.2, 0.25) is 0 Å². The van der Waals surface area contributed by atoms with Gasteiger partial charge in [-0.3, -0.25) is 9.59 Å². The normalized spacial score (nSPS) is 20.9. The zero-order valence-electron chi connectivity index (χ0n) is 18.2. The number of β-lactam (4-membered cyclic amide) rings is 1. The number of nitrogens with zero attached hydrogens (tertiary/aromatic N) is 2. The SMILES string of the molecule is COc1ccc(CN2C(=O)[C@H](OC)[C@@H]2C2=CCN(C(=O)c3cccc(C)c3)CC2)cc1. The van der Waals surface area contributed by atoms with Crippen molar-refractivity contribution in [1.82, 2.24) is 9.80 Å². The first-order chi connectivity index (χ1) is 15.0. The van der Waals surface area contributed by atoms with Gasteiger partial charge in [0.15, 0.2) is 6.10 Å². The van der Waals surface area contributed by atoms with E-state index in [9.17, 15) is 9.59 Å². The van der Waals surface area contributed by atoms with E-state index in [1.165, 1.54) is 0 Å². The predicted octanol–water partition coefficient (Wildman–Crippen LogP) is 3.20. The number of methoxy groups -OCH3 is 2. The second kappa shape index (κ2) is 8.94. The number of amides is 2. The third kappa shape index (κ3) is 4.21. The Morgan fingerprint density at radius 3 is 2.52 bits per heavy atom. The van der Waals surface area contributed by atoms with E-state index in [0.717, 1.165) is 28.9 Å². The number of aryl methyl sites for hydroxylation is 1. The molecule has 6 heteroatoms. The average molecular weight is 421 g/mol. The van der Waals surface area contributed by atoms with E-state index >= 15 is 0 Å². The molecule has 0 aliphatic carbocycles. The highest BCUT2D eigenvalue weighted by Gasteiger charge is 2.49. The van der Waals surface area contributed by atoms with Crippen LogP contribution >= 0.6 is 0 Å². The molecule has 6 nitrogen and oxygen atoms in total. The van der Waals surface area contributed by atoms with Crippen LogP contribution in [0.25, 0.3) is 0 Å². The van der Waals surface area contributed by atoms with Crippen molar-refractivity contribution in [3.8, 4) is 5.75 Å². The van der Waals surface area contributed by atoms with Crippen molar-refractivity contribution >= 4 is 11.8 Å². The predicted molar refractivity (Wildman–Crippen MR) is 118 cm³/mol. The Labute approximate surface area is 183 Å². The molecule has 4 rings (SSSR count). The monoisotopic (exact) mass is 420 g/mol. The van der Waals surface area contributed by atoms with Crippen LogP contribution in [0.4, 0.5) is 0 Å². The molecule has 2 aromatic carbocycles. The smallest absolute Gasteiger partial charge is 0.255 e. The Morgan fingerprint density at radius 1 is 1.13 bits per heavy atom. The van der Waals surface area contributed by atoms with Gasteiger partial charge in [0.1, 0.15) is 5.75 Å². The Bertz CT molecular complexity index is 999. The maximum Gasteiger partial charge on any atom is 0.255 e. The summed E-state index contributed by atoms with van der Waals surface area (Å²) in [7, 11) is 3.22. The van der Waals surface area contributed by atoms with Crippen molar-refractivity contribution < 1.29 is 19.1 Å². The second-order valence-electron chi connectivity index (χ2n) is 8.07. The number of hydrogen-bond donors (Lipinski definition) is 0. The molecule has 1 saturated heterocycles. The minimum atomic E-state index is -0.455. The van der Waals surface area contributed by atoms with E-state index in [1.54, 1.807) is 14.2 Å². The molecule has 0 unspecified atom stereocenters. The molecule has 2 aromatic rings. The van der Waals surface area contributed by atoms with Crippen LogP contribution in [0.15, 0.2) is 60.2 Å². The van der Waals surface area contributed by atoms with E-state index in [2.05, 4.69) is 6.08 Å². The fraction of sp³-hybridized carbons (Fsp3) is 0.360. The Kier molecular flexibility index (Phi) is 6.09. The van der Waals surface area contributed by atoms with E-state index in [1.807, 2.05) is 65.3 Å². The van der Waals surface area contributed by atoms with Crippen molar-refractivity contribution in [2.45, 2.75) is 32.0 Å². The first kappa shape index (κ1) is 21.1. The Morgan fingerprint density at radius 2 is 1.90 bits per heavy atom. The van der Waals surface area contributed by atoms with Gasteiger partial charge in [0.25, 0.3) is 11.8 Å². The first-order valence-corrected chi connectivity index (χ1v) is 10.5. The summed E-state index contributed by atoms with van der Waals surface area (Å²) in [6.45, 7) is 3.69. The van der Waals surface area contributed by atoms with Gasteiger partial charge in [-0.05, 0) is 48.7 Å². The molecular weight excluding hydrogens is 392 g/mol. The van der Waals surface area contributed by atoms with Crippen LogP contribution in [0.3, 0.4) is 0 Å². The molecule has 0 saturated carbocycles. The maximum atomic E-state index is 12.8. The molecule has 0 N–H and O–H groups in total. The van der Waals surface area contributed by atoms with E-state index in [0.29, 0.717) is 25.2 Å². The van der Waals surface area contributed by atoms with Crippen LogP contribution in [0.1, 0.15) is 27.9 Å². The lowest BCUT2D eigenvalue weighted by molar-refractivity contribution is -0.168. The molecule has 2 aliphatic rings. The quantitative estimate of drug-likeness (QED) is 0.532. The van der Waals surface area contributed by atoms with Crippen molar-refractivity contribution in [3.05, 3.63) is 76.9 Å². The van der Waals surface area contributed by atoms with Gasteiger partial charge in [-0.25, -0.2) is 0 Å². The number of hydrogen-bond acceptors (Lipinski definition) is 4. The lowest BCUT2D eigenvalue weighted by Crippen LogP contribution is -2.66. The van der Waals surface area contributed by atoms with E-state index in [-0.39, 0.29) is 17.9 Å². The Balaban J connectivity index is 1.46. The van der Waals surface area contributed by atoms with Gasteiger partial charge in [0.05, 0.1) is 13.2 Å². The van der Waals surface area contributed by atoms with Gasteiger partial charge in [0, 0.05) is 32.3 Å². The molecule has 2 amide bonds. The van der Waals surface area contributed by atoms with Crippen molar-refractivity contribution in [2.24, 2.45) is 0 Å². The molecule has 2 aliphatic heterocycles. The molecule has 2 atom stereocenters. The average Bonchev–Trinajstić information content (AvgIpc) is 2.81. The molecule has 1 fully saturated rings. The van der Waals surface area contributed by atoms with E-state index in [4.69, 9.17) is 9.47 Å². The summed E-state index contributed by atoms with van der Waals surface area (Å²) in [4.78, 5) is 29.2. The summed E-state index contributed by atoms with van der Waals surface area (Å²) in [5, 5.41) is 0. The fourth-order valence-electron chi connectivity index (χ4n) is 4.34. The van der Waals surface area contributed by atoms with Crippen LogP contribution in [-0.2, 0) is 16.1 Å². The zero-order valence-corrected chi connectivity index (χ0v) is 18.2. The third-order valence-corrected chi connectivity index (χ3v) is 6.09. The van der Waals surface area contributed by atoms with Crippen LogP contribution in [-0.4, -0.2) is 61.1 Å². The highest BCUT2D eigenvalue weighted by Crippen LogP contribution is 2.33. The molecule has 0 aromatic heterocycles. The number of carbonyl (C=O) groups excluding carboxylic acids is 2. The van der Waals surface area contributed by atoms with Crippen LogP contribution < -0.4 is 4.74 Å². The van der Waals surface area contributed by atoms with Crippen LogP contribution in [0.2, 0.25) is 0 Å². The zero-order chi connectivity index (χ0) is 22.0. The molecule has 162 valence electrons. The topological polar surface area (TPSA) is 59.1 Å². The number of likely N-dealkylation sites (tertiary alicyclic amines) is 1. The molecular formula is C25H28N2O4. The summed E-state index contributed by atoms with van der Waals surface area (Å²) in [5.74, 6) is 0.836. The first-order valence-electron chi connectivity index (χ1n) is 10.5. The van der Waals surface area contributed by atoms with Gasteiger partial charge in [-0.15, -0.1) is 0 Å². The van der Waals surface area contributed by atoms with Crippen molar-refractivity contribution in [1.29, 1.82) is 0 Å². The number of ether oxygens (including phenoxy) is 2. The van der Waals surface area contributed by atoms with Gasteiger partial charge in [-0.2, -0.15) is 0 Å². The summed E-state index contributed by atoms with van der Waals surface area (Å²) in [6.07, 6.45) is 2.36. The maximum absolute atomic E-state index is 12.8. The highest BCUT2D eigenvalue weighted by atomic mass is 16.5. The lowest BCUT2D eigenvalue weighted by atomic mass is 9.86. The second-order valence-corrected chi connectivity index (χ2v) is 8.07. The fourth-order valence-corrected chi connectivity index (χ4v) is 4.34. The number of carbonyl (C=O) groups is 2. The minimum absolute atomic E-state index is 0.00230. The van der Waals surface area contributed by atoms with Crippen LogP contribution in [0, 0.1) is 6.92 Å². The van der Waals surface area contributed by atoms with E-state index < -0.39 is 6.10 Å². The van der Waals surface area contributed by atoms with Crippen molar-refractivity contribution in [3.63, 3.8) is 0 Å². The Hall–Kier alpha value is -3.12. The molecule has 2 heterocycles. The summed E-state index contributed by atoms with van der Waals surface area (Å²) in [5.41, 5.74) is 3.99. The molecule has 0 radical (unpaired) electrons.